The summed E-state index contributed by atoms with van der Waals surface area (Å²) in [4.78, 5) is 24.8. The van der Waals surface area contributed by atoms with Crippen molar-refractivity contribution in [3.05, 3.63) is 64.3 Å². The molecule has 0 aliphatic heterocycles. The lowest BCUT2D eigenvalue weighted by Crippen LogP contribution is -2.29. The van der Waals surface area contributed by atoms with Gasteiger partial charge in [0.15, 0.2) is 5.65 Å². The zero-order chi connectivity index (χ0) is 20.1. The third-order valence-corrected chi connectivity index (χ3v) is 4.02. The van der Waals surface area contributed by atoms with Gasteiger partial charge in [0.2, 0.25) is 5.82 Å². The van der Waals surface area contributed by atoms with Crippen molar-refractivity contribution in [1.82, 2.24) is 14.7 Å². The van der Waals surface area contributed by atoms with Crippen molar-refractivity contribution >= 4 is 16.7 Å². The molecule has 28 heavy (non-hydrogen) atoms. The van der Waals surface area contributed by atoms with Gasteiger partial charge in [-0.2, -0.15) is 13.2 Å². The molecule has 0 aliphatic carbocycles. The second kappa shape index (κ2) is 8.28. The van der Waals surface area contributed by atoms with Gasteiger partial charge in [-0.3, -0.25) is 4.79 Å². The predicted octanol–water partition coefficient (Wildman–Crippen LogP) is 3.65. The van der Waals surface area contributed by atoms with Crippen LogP contribution in [0.4, 0.5) is 18.9 Å². The molecule has 0 radical (unpaired) electrons. The van der Waals surface area contributed by atoms with Crippen LogP contribution in [0.3, 0.4) is 0 Å². The Morgan fingerprint density at radius 1 is 1.21 bits per heavy atom. The molecule has 3 rings (SSSR count). The Bertz CT molecular complexity index is 1000. The highest BCUT2D eigenvalue weighted by atomic mass is 19.4. The van der Waals surface area contributed by atoms with Gasteiger partial charge in [-0.05, 0) is 12.0 Å². The number of pyridine rings is 1. The summed E-state index contributed by atoms with van der Waals surface area (Å²) >= 11 is 0. The van der Waals surface area contributed by atoms with Gasteiger partial charge in [-0.1, -0.05) is 43.7 Å². The van der Waals surface area contributed by atoms with E-state index < -0.39 is 17.6 Å². The van der Waals surface area contributed by atoms with Crippen LogP contribution in [-0.4, -0.2) is 21.3 Å². The molecule has 6 nitrogen and oxygen atoms in total. The summed E-state index contributed by atoms with van der Waals surface area (Å²) in [6.45, 7) is 2.51. The van der Waals surface area contributed by atoms with E-state index in [0.29, 0.717) is 18.7 Å². The predicted molar refractivity (Wildman–Crippen MR) is 98.9 cm³/mol. The van der Waals surface area contributed by atoms with Gasteiger partial charge in [0.1, 0.15) is 6.61 Å². The largest absolute Gasteiger partial charge is 0.451 e. The Kier molecular flexibility index (Phi) is 5.81. The lowest BCUT2D eigenvalue weighted by molar-refractivity contribution is -0.144. The van der Waals surface area contributed by atoms with E-state index in [0.717, 1.165) is 22.9 Å². The van der Waals surface area contributed by atoms with Gasteiger partial charge in [0.25, 0.3) is 5.56 Å². The molecule has 3 aromatic rings. The van der Waals surface area contributed by atoms with Crippen molar-refractivity contribution in [2.24, 2.45) is 0 Å². The minimum absolute atomic E-state index is 0.188. The van der Waals surface area contributed by atoms with Gasteiger partial charge in [-0.15, -0.1) is 4.73 Å². The number of nitrogens with zero attached hydrogens (tertiary/aromatic N) is 3. The second-order valence-electron chi connectivity index (χ2n) is 6.15. The molecule has 0 bridgehead atoms. The number of hydrogen-bond acceptors (Lipinski definition) is 5. The van der Waals surface area contributed by atoms with E-state index >= 15 is 0 Å². The number of rotatable bonds is 7. The van der Waals surface area contributed by atoms with Crippen molar-refractivity contribution in [1.29, 1.82) is 0 Å². The molecule has 0 fully saturated rings. The van der Waals surface area contributed by atoms with Crippen molar-refractivity contribution in [2.75, 3.05) is 11.9 Å². The number of alkyl halides is 3. The summed E-state index contributed by atoms with van der Waals surface area (Å²) in [6, 6.07) is 10.7. The average molecular weight is 392 g/mol. The molecule has 1 aromatic carbocycles. The molecule has 148 valence electrons. The monoisotopic (exact) mass is 392 g/mol. The molecule has 0 spiro atoms. The Morgan fingerprint density at radius 2 is 1.96 bits per heavy atom. The van der Waals surface area contributed by atoms with Crippen LogP contribution in [0.1, 0.15) is 31.2 Å². The first-order valence-electron chi connectivity index (χ1n) is 8.81. The van der Waals surface area contributed by atoms with Crippen LogP contribution in [0.15, 0.2) is 47.4 Å². The molecule has 0 saturated heterocycles. The zero-order valence-electron chi connectivity index (χ0n) is 15.2. The van der Waals surface area contributed by atoms with E-state index in [1.165, 1.54) is 6.07 Å². The van der Waals surface area contributed by atoms with E-state index in [2.05, 4.69) is 15.3 Å². The van der Waals surface area contributed by atoms with Crippen LogP contribution in [0.25, 0.3) is 11.0 Å². The molecule has 0 amide bonds. The molecule has 0 saturated carbocycles. The number of anilines is 1. The SMILES string of the molecule is CCCCOn1c(=O)cc(NCc2ccccc2)c2cnc(C(F)(F)F)nc21. The van der Waals surface area contributed by atoms with Crippen LogP contribution in [0.2, 0.25) is 0 Å². The fourth-order valence-corrected chi connectivity index (χ4v) is 2.58. The third-order valence-electron chi connectivity index (χ3n) is 4.02. The normalized spacial score (nSPS) is 11.6. The molecule has 0 aliphatic rings. The molecule has 9 heteroatoms. The van der Waals surface area contributed by atoms with Crippen molar-refractivity contribution in [3.63, 3.8) is 0 Å². The fraction of sp³-hybridized carbons (Fsp3) is 0.316. The van der Waals surface area contributed by atoms with E-state index in [4.69, 9.17) is 4.84 Å². The van der Waals surface area contributed by atoms with Gasteiger partial charge in [0.05, 0.1) is 11.1 Å². The summed E-state index contributed by atoms with van der Waals surface area (Å²) < 4.78 is 40.0. The maximum atomic E-state index is 13.1. The summed E-state index contributed by atoms with van der Waals surface area (Å²) in [7, 11) is 0. The summed E-state index contributed by atoms with van der Waals surface area (Å²) in [5, 5.41) is 3.33. The van der Waals surface area contributed by atoms with Gasteiger partial charge in [-0.25, -0.2) is 9.97 Å². The zero-order valence-corrected chi connectivity index (χ0v) is 15.2. The Hall–Kier alpha value is -3.10. The first kappa shape index (κ1) is 19.7. The maximum Gasteiger partial charge on any atom is 0.451 e. The molecular weight excluding hydrogens is 373 g/mol. The molecule has 1 N–H and O–H groups in total. The molecule has 0 unspecified atom stereocenters. The van der Waals surface area contributed by atoms with Crippen LogP contribution in [0.5, 0.6) is 0 Å². The topological polar surface area (TPSA) is 69.0 Å². The minimum atomic E-state index is -4.73. The lowest BCUT2D eigenvalue weighted by atomic mass is 10.2. The van der Waals surface area contributed by atoms with E-state index in [1.807, 2.05) is 37.3 Å². The Morgan fingerprint density at radius 3 is 2.64 bits per heavy atom. The smallest absolute Gasteiger partial charge is 0.409 e. The maximum absolute atomic E-state index is 13.1. The Labute approximate surface area is 159 Å². The number of benzene rings is 1. The highest BCUT2D eigenvalue weighted by Crippen LogP contribution is 2.28. The third kappa shape index (κ3) is 4.41. The first-order valence-corrected chi connectivity index (χ1v) is 8.81. The minimum Gasteiger partial charge on any atom is -0.409 e. The van der Waals surface area contributed by atoms with Crippen LogP contribution >= 0.6 is 0 Å². The van der Waals surface area contributed by atoms with Crippen molar-refractivity contribution in [3.8, 4) is 0 Å². The molecule has 2 heterocycles. The fourth-order valence-electron chi connectivity index (χ4n) is 2.58. The number of aromatic nitrogens is 3. The van der Waals surface area contributed by atoms with Crippen molar-refractivity contribution < 1.29 is 18.0 Å². The van der Waals surface area contributed by atoms with Gasteiger partial charge < -0.3 is 10.2 Å². The summed E-state index contributed by atoms with van der Waals surface area (Å²) in [6.07, 6.45) is -2.21. The van der Waals surface area contributed by atoms with Crippen LogP contribution in [0, 0.1) is 0 Å². The first-order chi connectivity index (χ1) is 13.4. The standard InChI is InChI=1S/C19H19F3N4O2/c1-2-3-9-28-26-16(27)10-15(23-11-13-7-5-4-6-8-13)14-12-24-18(19(20,21)22)25-17(14)26/h4-8,10,12,23H,2-3,9,11H2,1H3. The van der Waals surface area contributed by atoms with E-state index in [9.17, 15) is 18.0 Å². The van der Waals surface area contributed by atoms with E-state index in [-0.39, 0.29) is 17.6 Å². The second-order valence-corrected chi connectivity index (χ2v) is 6.15. The number of halogens is 3. The van der Waals surface area contributed by atoms with Crippen LogP contribution < -0.4 is 15.7 Å². The molecule has 2 aromatic heterocycles. The number of hydrogen-bond donors (Lipinski definition) is 1. The Balaban J connectivity index is 2.04. The highest BCUT2D eigenvalue weighted by molar-refractivity contribution is 5.88. The lowest BCUT2D eigenvalue weighted by Gasteiger charge is -2.15. The van der Waals surface area contributed by atoms with Gasteiger partial charge >= 0.3 is 6.18 Å². The van der Waals surface area contributed by atoms with Gasteiger partial charge in [0, 0.05) is 18.8 Å². The van der Waals surface area contributed by atoms with Crippen molar-refractivity contribution in [2.45, 2.75) is 32.5 Å². The quantitative estimate of drug-likeness (QED) is 0.622. The van der Waals surface area contributed by atoms with E-state index in [1.54, 1.807) is 0 Å². The molecule has 0 atom stereocenters. The number of nitrogens with one attached hydrogen (secondary N) is 1. The van der Waals surface area contributed by atoms with Crippen LogP contribution in [-0.2, 0) is 12.7 Å². The average Bonchev–Trinajstić information content (AvgIpc) is 2.68. The number of unbranched alkanes of at least 4 members (excludes halogenated alkanes) is 1. The summed E-state index contributed by atoms with van der Waals surface area (Å²) in [5.74, 6) is -1.33. The summed E-state index contributed by atoms with van der Waals surface area (Å²) in [5.41, 5.74) is 0.465. The molecular formula is C19H19F3N4O2. The highest BCUT2D eigenvalue weighted by Gasteiger charge is 2.35. The number of fused-ring (bicyclic) bond motifs is 1.